The van der Waals surface area contributed by atoms with E-state index in [1.165, 1.54) is 0 Å². The van der Waals surface area contributed by atoms with Crippen molar-refractivity contribution in [1.29, 1.82) is 0 Å². The monoisotopic (exact) mass is 306 g/mol. The number of hydrogen-bond acceptors (Lipinski definition) is 3. The van der Waals surface area contributed by atoms with Crippen molar-refractivity contribution in [2.45, 2.75) is 37.3 Å². The number of rotatable bonds is 5. The summed E-state index contributed by atoms with van der Waals surface area (Å²) in [6, 6.07) is 9.11. The van der Waals surface area contributed by atoms with Gasteiger partial charge in [-0.3, -0.25) is 4.72 Å². The molecule has 112 valence electrons. The average molecular weight is 306 g/mol. The first-order valence-electron chi connectivity index (χ1n) is 6.91. The highest BCUT2D eigenvalue weighted by atomic mass is 32.2. The zero-order valence-corrected chi connectivity index (χ0v) is 12.6. The van der Waals surface area contributed by atoms with Gasteiger partial charge in [-0.1, -0.05) is 18.2 Å². The molecule has 0 atom stereocenters. The van der Waals surface area contributed by atoms with Crippen molar-refractivity contribution >= 4 is 15.7 Å². The van der Waals surface area contributed by atoms with Gasteiger partial charge in [-0.15, -0.1) is 0 Å². The van der Waals surface area contributed by atoms with Crippen LogP contribution in [0.5, 0.6) is 0 Å². The van der Waals surface area contributed by atoms with Gasteiger partial charge in [0.1, 0.15) is 4.90 Å². The van der Waals surface area contributed by atoms with Crippen LogP contribution in [0.3, 0.4) is 0 Å². The Morgan fingerprint density at radius 1 is 1.33 bits per heavy atom. The van der Waals surface area contributed by atoms with Crippen molar-refractivity contribution in [3.05, 3.63) is 47.8 Å². The second-order valence-electron chi connectivity index (χ2n) is 5.38. The maximum Gasteiger partial charge on any atom is 0.263 e. The number of sulfonamides is 1. The number of hydrogen-bond donors (Lipinski definition) is 2. The fourth-order valence-corrected chi connectivity index (χ4v) is 3.53. The van der Waals surface area contributed by atoms with E-state index in [-0.39, 0.29) is 11.5 Å². The van der Waals surface area contributed by atoms with E-state index in [9.17, 15) is 13.5 Å². The standard InChI is InChI=1S/C15H18N2O3S/c1-11-4-2-3-5-15(11)16-21(19,20)14-8-13(10-18)17(9-14)12-6-7-12/h2-5,8-9,12,16,18H,6-7,10H2,1H3. The Bertz CT molecular complexity index is 761. The van der Waals surface area contributed by atoms with Crippen LogP contribution in [0.25, 0.3) is 0 Å². The third kappa shape index (κ3) is 2.82. The predicted molar refractivity (Wildman–Crippen MR) is 80.6 cm³/mol. The molecule has 3 rings (SSSR count). The van der Waals surface area contributed by atoms with Crippen LogP contribution in [-0.4, -0.2) is 18.1 Å². The predicted octanol–water partition coefficient (Wildman–Crippen LogP) is 2.42. The molecule has 1 heterocycles. The van der Waals surface area contributed by atoms with Crippen molar-refractivity contribution in [3.63, 3.8) is 0 Å². The summed E-state index contributed by atoms with van der Waals surface area (Å²) in [6.45, 7) is 1.70. The molecule has 0 unspecified atom stereocenters. The summed E-state index contributed by atoms with van der Waals surface area (Å²) >= 11 is 0. The van der Waals surface area contributed by atoms with Gasteiger partial charge >= 0.3 is 0 Å². The molecular formula is C15H18N2O3S. The zero-order valence-electron chi connectivity index (χ0n) is 11.8. The number of benzene rings is 1. The summed E-state index contributed by atoms with van der Waals surface area (Å²) in [4.78, 5) is 0.196. The molecule has 0 radical (unpaired) electrons. The van der Waals surface area contributed by atoms with E-state index in [0.29, 0.717) is 17.4 Å². The van der Waals surface area contributed by atoms with E-state index in [1.807, 2.05) is 23.6 Å². The third-order valence-corrected chi connectivity index (χ3v) is 5.04. The molecule has 1 fully saturated rings. The van der Waals surface area contributed by atoms with E-state index in [4.69, 9.17) is 0 Å². The highest BCUT2D eigenvalue weighted by Gasteiger charge is 2.28. The molecule has 6 heteroatoms. The largest absolute Gasteiger partial charge is 0.390 e. The SMILES string of the molecule is Cc1ccccc1NS(=O)(=O)c1cc(CO)n(C2CC2)c1. The number of nitrogens with zero attached hydrogens (tertiary/aromatic N) is 1. The fraction of sp³-hybridized carbons (Fsp3) is 0.333. The van der Waals surface area contributed by atoms with Crippen LogP contribution < -0.4 is 4.72 Å². The summed E-state index contributed by atoms with van der Waals surface area (Å²) in [5, 5.41) is 9.37. The van der Waals surface area contributed by atoms with E-state index in [1.54, 1.807) is 24.4 Å². The molecule has 0 amide bonds. The Hall–Kier alpha value is -1.79. The molecule has 1 aromatic carbocycles. The Balaban J connectivity index is 1.93. The van der Waals surface area contributed by atoms with Gasteiger partial charge in [0.05, 0.1) is 12.3 Å². The van der Waals surface area contributed by atoms with Crippen molar-refractivity contribution < 1.29 is 13.5 Å². The van der Waals surface area contributed by atoms with Gasteiger partial charge in [0, 0.05) is 17.9 Å². The molecule has 0 saturated heterocycles. The van der Waals surface area contributed by atoms with Crippen molar-refractivity contribution in [1.82, 2.24) is 4.57 Å². The topological polar surface area (TPSA) is 71.3 Å². The average Bonchev–Trinajstić information content (AvgIpc) is 3.19. The van der Waals surface area contributed by atoms with Gasteiger partial charge in [0.25, 0.3) is 10.0 Å². The van der Waals surface area contributed by atoms with Gasteiger partial charge in [0.2, 0.25) is 0 Å². The Kier molecular flexibility index (Phi) is 3.51. The normalized spacial score (nSPS) is 15.1. The molecule has 1 aromatic heterocycles. The quantitative estimate of drug-likeness (QED) is 0.891. The number of aliphatic hydroxyl groups excluding tert-OH is 1. The number of aromatic nitrogens is 1. The highest BCUT2D eigenvalue weighted by molar-refractivity contribution is 7.92. The molecule has 1 aliphatic carbocycles. The molecule has 1 saturated carbocycles. The second kappa shape index (κ2) is 5.20. The summed E-state index contributed by atoms with van der Waals surface area (Å²) in [5.74, 6) is 0. The van der Waals surface area contributed by atoms with Gasteiger partial charge in [-0.25, -0.2) is 8.42 Å². The van der Waals surface area contributed by atoms with Crippen LogP contribution in [0.4, 0.5) is 5.69 Å². The van der Waals surface area contributed by atoms with Crippen LogP contribution >= 0.6 is 0 Å². The van der Waals surface area contributed by atoms with Gasteiger partial charge < -0.3 is 9.67 Å². The maximum atomic E-state index is 12.5. The van der Waals surface area contributed by atoms with Gasteiger partial charge in [-0.2, -0.15) is 0 Å². The summed E-state index contributed by atoms with van der Waals surface area (Å²) in [7, 11) is -3.64. The Labute approximate surface area is 124 Å². The second-order valence-corrected chi connectivity index (χ2v) is 7.07. The van der Waals surface area contributed by atoms with Crippen LogP contribution in [0.15, 0.2) is 41.4 Å². The smallest absolute Gasteiger partial charge is 0.263 e. The van der Waals surface area contributed by atoms with Crippen molar-refractivity contribution in [2.24, 2.45) is 0 Å². The minimum atomic E-state index is -3.64. The Morgan fingerprint density at radius 2 is 2.05 bits per heavy atom. The molecule has 5 nitrogen and oxygen atoms in total. The van der Waals surface area contributed by atoms with E-state index in [0.717, 1.165) is 18.4 Å². The molecule has 2 N–H and O–H groups in total. The summed E-state index contributed by atoms with van der Waals surface area (Å²) in [5.41, 5.74) is 2.08. The lowest BCUT2D eigenvalue weighted by atomic mass is 10.2. The molecule has 2 aromatic rings. The third-order valence-electron chi connectivity index (χ3n) is 3.71. The molecule has 0 bridgehead atoms. The number of para-hydroxylation sites is 1. The minimum Gasteiger partial charge on any atom is -0.390 e. The van der Waals surface area contributed by atoms with E-state index < -0.39 is 10.0 Å². The molecular weight excluding hydrogens is 288 g/mol. The zero-order chi connectivity index (χ0) is 15.0. The lowest BCUT2D eigenvalue weighted by Crippen LogP contribution is -2.13. The summed E-state index contributed by atoms with van der Waals surface area (Å²) < 4.78 is 29.4. The van der Waals surface area contributed by atoms with Crippen LogP contribution in [0.2, 0.25) is 0 Å². The lowest BCUT2D eigenvalue weighted by molar-refractivity contribution is 0.270. The molecule has 1 aliphatic rings. The molecule has 21 heavy (non-hydrogen) atoms. The lowest BCUT2D eigenvalue weighted by Gasteiger charge is -2.09. The van der Waals surface area contributed by atoms with Crippen LogP contribution in [0, 0.1) is 6.92 Å². The van der Waals surface area contributed by atoms with E-state index in [2.05, 4.69) is 4.72 Å². The van der Waals surface area contributed by atoms with Crippen LogP contribution in [-0.2, 0) is 16.6 Å². The first-order valence-corrected chi connectivity index (χ1v) is 8.39. The number of nitrogens with one attached hydrogen (secondary N) is 1. The first kappa shape index (κ1) is 14.2. The van der Waals surface area contributed by atoms with Crippen molar-refractivity contribution in [2.75, 3.05) is 4.72 Å². The summed E-state index contributed by atoms with van der Waals surface area (Å²) in [6.07, 6.45) is 3.68. The number of aryl methyl sites for hydroxylation is 1. The first-order chi connectivity index (χ1) is 10.0. The van der Waals surface area contributed by atoms with Gasteiger partial charge in [-0.05, 0) is 37.5 Å². The minimum absolute atomic E-state index is 0.156. The van der Waals surface area contributed by atoms with Gasteiger partial charge in [0.15, 0.2) is 0 Å². The van der Waals surface area contributed by atoms with E-state index >= 15 is 0 Å². The van der Waals surface area contributed by atoms with Crippen molar-refractivity contribution in [3.8, 4) is 0 Å². The Morgan fingerprint density at radius 3 is 2.67 bits per heavy atom. The number of aliphatic hydroxyl groups is 1. The molecule has 0 aliphatic heterocycles. The fourth-order valence-electron chi connectivity index (χ4n) is 2.35. The molecule has 0 spiro atoms. The number of anilines is 1. The maximum absolute atomic E-state index is 12.5. The highest BCUT2D eigenvalue weighted by Crippen LogP contribution is 2.37. The van der Waals surface area contributed by atoms with Crippen LogP contribution in [0.1, 0.15) is 30.1 Å².